The molecule has 1 heterocycles. The largest absolute Gasteiger partial charge is 0.493 e. The molecule has 0 radical (unpaired) electrons. The van der Waals surface area contributed by atoms with Crippen molar-refractivity contribution >= 4 is 29.3 Å². The normalized spacial score (nSPS) is 13.5. The Morgan fingerprint density at radius 2 is 2.00 bits per heavy atom. The van der Waals surface area contributed by atoms with Crippen LogP contribution in [0.1, 0.15) is 5.56 Å². The molecule has 8 heteroatoms. The van der Waals surface area contributed by atoms with Crippen molar-refractivity contribution in [1.82, 2.24) is 0 Å². The lowest BCUT2D eigenvalue weighted by Crippen LogP contribution is -2.41. The summed E-state index contributed by atoms with van der Waals surface area (Å²) in [5, 5.41) is 2.71. The van der Waals surface area contributed by atoms with E-state index in [1.54, 1.807) is 24.3 Å². The minimum Gasteiger partial charge on any atom is -0.493 e. The van der Waals surface area contributed by atoms with Crippen LogP contribution in [0.2, 0.25) is 0 Å². The maximum Gasteiger partial charge on any atom is 0.387 e. The van der Waals surface area contributed by atoms with Gasteiger partial charge in [0.25, 0.3) is 5.91 Å². The van der Waals surface area contributed by atoms with Gasteiger partial charge in [-0.1, -0.05) is 18.2 Å². The molecule has 0 atom stereocenters. The smallest absolute Gasteiger partial charge is 0.387 e. The maximum absolute atomic E-state index is 12.6. The molecule has 27 heavy (non-hydrogen) atoms. The summed E-state index contributed by atoms with van der Waals surface area (Å²) >= 11 is 0. The van der Waals surface area contributed by atoms with E-state index in [0.29, 0.717) is 16.9 Å². The number of nitrogens with one attached hydrogen (secondary N) is 1. The van der Waals surface area contributed by atoms with Crippen molar-refractivity contribution in [3.8, 4) is 11.5 Å². The van der Waals surface area contributed by atoms with Crippen molar-refractivity contribution < 1.29 is 27.8 Å². The molecule has 0 unspecified atom stereocenters. The second-order valence-corrected chi connectivity index (χ2v) is 5.61. The van der Waals surface area contributed by atoms with Crippen LogP contribution >= 0.6 is 0 Å². The van der Waals surface area contributed by atoms with Gasteiger partial charge in [0, 0.05) is 6.08 Å². The molecule has 0 spiro atoms. The average molecular weight is 374 g/mol. The molecule has 1 aliphatic rings. The Bertz CT molecular complexity index is 899. The Hall–Kier alpha value is -3.42. The van der Waals surface area contributed by atoms with Gasteiger partial charge < -0.3 is 14.8 Å². The Kier molecular flexibility index (Phi) is 5.35. The van der Waals surface area contributed by atoms with Gasteiger partial charge >= 0.3 is 6.61 Å². The second kappa shape index (κ2) is 7.86. The lowest BCUT2D eigenvalue weighted by molar-refractivity contribution is -0.119. The van der Waals surface area contributed by atoms with Crippen LogP contribution in [-0.2, 0) is 9.59 Å². The summed E-state index contributed by atoms with van der Waals surface area (Å²) in [4.78, 5) is 25.7. The minimum atomic E-state index is -2.97. The number of halogens is 2. The van der Waals surface area contributed by atoms with Crippen LogP contribution in [0.3, 0.4) is 0 Å². The van der Waals surface area contributed by atoms with E-state index in [1.165, 1.54) is 42.4 Å². The van der Waals surface area contributed by atoms with E-state index < -0.39 is 6.61 Å². The SMILES string of the molecule is COc1cc(C=CC(=O)N2CC(=O)Nc3ccccc32)ccc1OC(F)F. The first kappa shape index (κ1) is 18.4. The van der Waals surface area contributed by atoms with Crippen molar-refractivity contribution in [3.63, 3.8) is 0 Å². The zero-order valence-corrected chi connectivity index (χ0v) is 14.3. The molecule has 2 aromatic carbocycles. The van der Waals surface area contributed by atoms with E-state index in [4.69, 9.17) is 4.74 Å². The third kappa shape index (κ3) is 4.22. The number of para-hydroxylation sites is 2. The molecule has 0 saturated heterocycles. The summed E-state index contributed by atoms with van der Waals surface area (Å²) in [7, 11) is 1.33. The monoisotopic (exact) mass is 374 g/mol. The summed E-state index contributed by atoms with van der Waals surface area (Å²) in [5.74, 6) is -0.653. The molecule has 6 nitrogen and oxygen atoms in total. The van der Waals surface area contributed by atoms with E-state index >= 15 is 0 Å². The number of hydrogen-bond donors (Lipinski definition) is 1. The van der Waals surface area contributed by atoms with E-state index in [1.807, 2.05) is 0 Å². The first-order valence-electron chi connectivity index (χ1n) is 7.99. The fourth-order valence-corrected chi connectivity index (χ4v) is 2.67. The molecule has 0 aromatic heterocycles. The molecular weight excluding hydrogens is 358 g/mol. The molecule has 2 amide bonds. The van der Waals surface area contributed by atoms with Crippen molar-refractivity contribution in [2.45, 2.75) is 6.61 Å². The Morgan fingerprint density at radius 3 is 2.74 bits per heavy atom. The average Bonchev–Trinajstić information content (AvgIpc) is 2.65. The number of carbonyl (C=O) groups is 2. The highest BCUT2D eigenvalue weighted by molar-refractivity contribution is 6.13. The summed E-state index contributed by atoms with van der Waals surface area (Å²) in [6.07, 6.45) is 2.81. The van der Waals surface area contributed by atoms with Gasteiger partial charge in [-0.3, -0.25) is 14.5 Å². The molecule has 2 aromatic rings. The van der Waals surface area contributed by atoms with Crippen molar-refractivity contribution in [3.05, 3.63) is 54.1 Å². The van der Waals surface area contributed by atoms with E-state index in [9.17, 15) is 18.4 Å². The summed E-state index contributed by atoms with van der Waals surface area (Å²) in [6, 6.07) is 11.3. The van der Waals surface area contributed by atoms with Gasteiger partial charge in [-0.25, -0.2) is 0 Å². The molecule has 0 bridgehead atoms. The van der Waals surface area contributed by atoms with Crippen LogP contribution in [0, 0.1) is 0 Å². The van der Waals surface area contributed by atoms with E-state index in [2.05, 4.69) is 10.1 Å². The van der Waals surface area contributed by atoms with Gasteiger partial charge in [0.2, 0.25) is 5.91 Å². The number of ether oxygens (including phenoxy) is 2. The molecular formula is C19H16F2N2O4. The van der Waals surface area contributed by atoms with Crippen LogP contribution in [0.15, 0.2) is 48.5 Å². The second-order valence-electron chi connectivity index (χ2n) is 5.61. The number of anilines is 2. The number of fused-ring (bicyclic) bond motifs is 1. The Balaban J connectivity index is 1.80. The Morgan fingerprint density at radius 1 is 1.22 bits per heavy atom. The molecule has 140 valence electrons. The van der Waals surface area contributed by atoms with Gasteiger partial charge in [-0.15, -0.1) is 0 Å². The lowest BCUT2D eigenvalue weighted by Gasteiger charge is -2.28. The predicted octanol–water partition coefficient (Wildman–Crippen LogP) is 3.30. The van der Waals surface area contributed by atoms with Crippen molar-refractivity contribution in [2.24, 2.45) is 0 Å². The molecule has 0 fully saturated rings. The maximum atomic E-state index is 12.6. The number of amides is 2. The quantitative estimate of drug-likeness (QED) is 0.816. The fourth-order valence-electron chi connectivity index (χ4n) is 2.67. The van der Waals surface area contributed by atoms with Crippen molar-refractivity contribution in [1.29, 1.82) is 0 Å². The molecule has 0 aliphatic carbocycles. The number of carbonyl (C=O) groups excluding carboxylic acids is 2. The van der Waals surface area contributed by atoms with E-state index in [0.717, 1.165) is 0 Å². The van der Waals surface area contributed by atoms with Crippen LogP contribution in [0.25, 0.3) is 6.08 Å². The topological polar surface area (TPSA) is 67.9 Å². The van der Waals surface area contributed by atoms with Crippen LogP contribution in [-0.4, -0.2) is 32.1 Å². The van der Waals surface area contributed by atoms with Crippen LogP contribution in [0.4, 0.5) is 20.2 Å². The minimum absolute atomic E-state index is 0.0926. The Labute approximate surface area is 154 Å². The predicted molar refractivity (Wildman–Crippen MR) is 96.1 cm³/mol. The van der Waals surface area contributed by atoms with Gasteiger partial charge in [0.15, 0.2) is 11.5 Å². The molecule has 3 rings (SSSR count). The van der Waals surface area contributed by atoms with Gasteiger partial charge in [-0.05, 0) is 35.9 Å². The molecule has 1 N–H and O–H groups in total. The van der Waals surface area contributed by atoms with Gasteiger partial charge in [-0.2, -0.15) is 8.78 Å². The summed E-state index contributed by atoms with van der Waals surface area (Å²) in [5.41, 5.74) is 1.72. The zero-order chi connectivity index (χ0) is 19.4. The number of methoxy groups -OCH3 is 1. The lowest BCUT2D eigenvalue weighted by atomic mass is 10.1. The first-order chi connectivity index (χ1) is 13.0. The standard InChI is InChI=1S/C19H16F2N2O4/c1-26-16-10-12(6-8-15(16)27-19(20)21)7-9-18(25)23-11-17(24)22-13-4-2-3-5-14(13)23/h2-10,19H,11H2,1H3,(H,22,24). The third-order valence-corrected chi connectivity index (χ3v) is 3.86. The number of nitrogens with zero attached hydrogens (tertiary/aromatic N) is 1. The molecule has 0 saturated carbocycles. The highest BCUT2D eigenvalue weighted by Gasteiger charge is 2.25. The van der Waals surface area contributed by atoms with Crippen LogP contribution in [0.5, 0.6) is 11.5 Å². The number of rotatable bonds is 5. The number of hydrogen-bond acceptors (Lipinski definition) is 4. The third-order valence-electron chi connectivity index (χ3n) is 3.86. The fraction of sp³-hybridized carbons (Fsp3) is 0.158. The van der Waals surface area contributed by atoms with E-state index in [-0.39, 0.29) is 29.9 Å². The highest BCUT2D eigenvalue weighted by atomic mass is 19.3. The zero-order valence-electron chi connectivity index (χ0n) is 14.3. The summed E-state index contributed by atoms with van der Waals surface area (Å²) in [6.45, 7) is -3.06. The van der Waals surface area contributed by atoms with Crippen molar-refractivity contribution in [2.75, 3.05) is 23.9 Å². The summed E-state index contributed by atoms with van der Waals surface area (Å²) < 4.78 is 34.1. The van der Waals surface area contributed by atoms with Gasteiger partial charge in [0.1, 0.15) is 6.54 Å². The highest BCUT2D eigenvalue weighted by Crippen LogP contribution is 2.31. The van der Waals surface area contributed by atoms with Gasteiger partial charge in [0.05, 0.1) is 18.5 Å². The first-order valence-corrected chi connectivity index (χ1v) is 7.99. The van der Waals surface area contributed by atoms with Crippen LogP contribution < -0.4 is 19.7 Å². The number of benzene rings is 2. The molecule has 1 aliphatic heterocycles. The number of alkyl halides is 2.